The van der Waals surface area contributed by atoms with Crippen molar-refractivity contribution in [3.8, 4) is 0 Å². The van der Waals surface area contributed by atoms with E-state index in [2.05, 4.69) is 43.9 Å². The van der Waals surface area contributed by atoms with Crippen molar-refractivity contribution < 1.29 is 26.2 Å². The van der Waals surface area contributed by atoms with Crippen molar-refractivity contribution in [3.63, 3.8) is 0 Å². The first-order valence-electron chi connectivity index (χ1n) is 3.78. The molecule has 0 heterocycles. The van der Waals surface area contributed by atoms with E-state index < -0.39 is 8.07 Å². The topological polar surface area (TPSA) is 0 Å². The molecule has 0 spiro atoms. The molecule has 0 radical (unpaired) electrons. The van der Waals surface area contributed by atoms with Crippen LogP contribution in [0, 0.1) is 0 Å². The largest absolute Gasteiger partial charge is 0.213 e. The van der Waals surface area contributed by atoms with Gasteiger partial charge < -0.3 is 0 Å². The zero-order valence-electron chi connectivity index (χ0n) is 7.52. The van der Waals surface area contributed by atoms with E-state index in [1.54, 1.807) is 0 Å². The molecule has 0 nitrogen and oxygen atoms in total. The molecule has 0 saturated heterocycles. The Kier molecular flexibility index (Phi) is 4.65. The Morgan fingerprint density at radius 3 is 1.91 bits per heavy atom. The summed E-state index contributed by atoms with van der Waals surface area (Å²) < 4.78 is 0. The molecule has 0 N–H and O–H groups in total. The quantitative estimate of drug-likeness (QED) is 0.553. The summed E-state index contributed by atoms with van der Waals surface area (Å²) in [6, 6.07) is 10.0. The molecule has 0 aliphatic heterocycles. The van der Waals surface area contributed by atoms with E-state index in [0.717, 1.165) is 0 Å². The summed E-state index contributed by atoms with van der Waals surface area (Å²) in [7, 11) is -0.862. The SMILES string of the molecule is C[Si](C)(C)C[c-]1cccc1.[Zr]. The summed E-state index contributed by atoms with van der Waals surface area (Å²) in [6.45, 7) is 7.21. The fraction of sp³-hybridized carbons (Fsp3) is 0.444. The van der Waals surface area contributed by atoms with Crippen LogP contribution in [0.1, 0.15) is 5.56 Å². The predicted octanol–water partition coefficient (Wildman–Crippen LogP) is 2.82. The Bertz CT molecular complexity index is 184. The van der Waals surface area contributed by atoms with Gasteiger partial charge >= 0.3 is 0 Å². The molecule has 60 valence electrons. The van der Waals surface area contributed by atoms with E-state index in [-0.39, 0.29) is 26.2 Å². The number of rotatable bonds is 2. The first-order valence-corrected chi connectivity index (χ1v) is 7.49. The van der Waals surface area contributed by atoms with Crippen LogP contribution in [0.25, 0.3) is 0 Å². The maximum atomic E-state index is 2.40. The third-order valence-corrected chi connectivity index (χ3v) is 2.94. The molecule has 0 unspecified atom stereocenters. The van der Waals surface area contributed by atoms with Gasteiger partial charge in [0, 0.05) is 34.3 Å². The Balaban J connectivity index is 0.000001000. The summed E-state index contributed by atoms with van der Waals surface area (Å²) in [5.41, 5.74) is 1.51. The van der Waals surface area contributed by atoms with Gasteiger partial charge in [0.1, 0.15) is 0 Å². The normalized spacial score (nSPS) is 10.8. The van der Waals surface area contributed by atoms with Gasteiger partial charge in [-0.15, -0.1) is 0 Å². The van der Waals surface area contributed by atoms with E-state index in [9.17, 15) is 0 Å². The van der Waals surface area contributed by atoms with Gasteiger partial charge in [-0.2, -0.15) is 17.7 Å². The number of hydrogen-bond acceptors (Lipinski definition) is 0. The second-order valence-electron chi connectivity index (χ2n) is 4.03. The van der Waals surface area contributed by atoms with Gasteiger partial charge in [-0.05, 0) is 0 Å². The van der Waals surface area contributed by atoms with Gasteiger partial charge in [0.15, 0.2) is 0 Å². The minimum Gasteiger partial charge on any atom is -0.213 e. The fourth-order valence-electron chi connectivity index (χ4n) is 1.14. The van der Waals surface area contributed by atoms with E-state index in [0.29, 0.717) is 0 Å². The van der Waals surface area contributed by atoms with Crippen molar-refractivity contribution in [1.82, 2.24) is 0 Å². The van der Waals surface area contributed by atoms with Crippen LogP contribution in [0.15, 0.2) is 24.3 Å². The van der Waals surface area contributed by atoms with Crippen LogP contribution in [0.3, 0.4) is 0 Å². The fourth-order valence-corrected chi connectivity index (χ4v) is 2.60. The van der Waals surface area contributed by atoms with Crippen molar-refractivity contribution in [3.05, 3.63) is 29.8 Å². The summed E-state index contributed by atoms with van der Waals surface area (Å²) in [6.07, 6.45) is 0. The van der Waals surface area contributed by atoms with Gasteiger partial charge in [0.25, 0.3) is 0 Å². The third kappa shape index (κ3) is 4.81. The Hall–Kier alpha value is 0.450. The summed E-state index contributed by atoms with van der Waals surface area (Å²) in [4.78, 5) is 0. The molecular weight excluding hydrogens is 227 g/mol. The van der Waals surface area contributed by atoms with Crippen molar-refractivity contribution in [2.75, 3.05) is 0 Å². The molecule has 0 aliphatic carbocycles. The van der Waals surface area contributed by atoms with Gasteiger partial charge in [-0.3, -0.25) is 0 Å². The molecule has 1 aromatic rings. The monoisotopic (exact) mass is 241 g/mol. The maximum Gasteiger partial charge on any atom is 0.0371 e. The standard InChI is InChI=1S/C9H15Si.Zr/c1-10(2,3)8-9-6-4-5-7-9;/h4-7H,8H2,1-3H3;/q-1;. The van der Waals surface area contributed by atoms with Gasteiger partial charge in [-0.1, -0.05) is 25.7 Å². The van der Waals surface area contributed by atoms with Gasteiger partial charge in [-0.25, -0.2) is 12.1 Å². The van der Waals surface area contributed by atoms with Gasteiger partial charge in [0.05, 0.1) is 0 Å². The van der Waals surface area contributed by atoms with Crippen LogP contribution in [0.2, 0.25) is 19.6 Å². The van der Waals surface area contributed by atoms with Crippen molar-refractivity contribution in [2.24, 2.45) is 0 Å². The summed E-state index contributed by atoms with van der Waals surface area (Å²) in [5.74, 6) is 0. The minimum absolute atomic E-state index is 0. The summed E-state index contributed by atoms with van der Waals surface area (Å²) in [5, 5.41) is 0. The average molecular weight is 243 g/mol. The zero-order chi connectivity index (χ0) is 7.61. The van der Waals surface area contributed by atoms with Crippen LogP contribution in [0.4, 0.5) is 0 Å². The average Bonchev–Trinajstić information content (AvgIpc) is 2.12. The van der Waals surface area contributed by atoms with Crippen LogP contribution in [0.5, 0.6) is 0 Å². The first-order chi connectivity index (χ1) is 4.58. The number of hydrogen-bond donors (Lipinski definition) is 0. The molecule has 0 amide bonds. The first kappa shape index (κ1) is 11.4. The van der Waals surface area contributed by atoms with Crippen LogP contribution >= 0.6 is 0 Å². The van der Waals surface area contributed by atoms with Crippen molar-refractivity contribution >= 4 is 8.07 Å². The van der Waals surface area contributed by atoms with E-state index >= 15 is 0 Å². The van der Waals surface area contributed by atoms with E-state index in [1.807, 2.05) is 0 Å². The molecule has 1 aromatic carbocycles. The van der Waals surface area contributed by atoms with Crippen molar-refractivity contribution in [2.45, 2.75) is 25.7 Å². The summed E-state index contributed by atoms with van der Waals surface area (Å²) >= 11 is 0. The zero-order valence-corrected chi connectivity index (χ0v) is 11.0. The molecule has 0 saturated carbocycles. The molecular formula is C9H15SiZr-. The van der Waals surface area contributed by atoms with Crippen LogP contribution < -0.4 is 0 Å². The second-order valence-corrected chi connectivity index (χ2v) is 9.51. The van der Waals surface area contributed by atoms with E-state index in [4.69, 9.17) is 0 Å². The van der Waals surface area contributed by atoms with Gasteiger partial charge in [0.2, 0.25) is 0 Å². The molecule has 0 bridgehead atoms. The van der Waals surface area contributed by atoms with Crippen LogP contribution in [-0.4, -0.2) is 8.07 Å². The molecule has 1 rings (SSSR count). The van der Waals surface area contributed by atoms with E-state index in [1.165, 1.54) is 11.6 Å². The maximum absolute atomic E-state index is 2.40. The molecule has 2 heteroatoms. The Morgan fingerprint density at radius 1 is 1.09 bits per heavy atom. The second kappa shape index (κ2) is 4.47. The molecule has 0 atom stereocenters. The predicted molar refractivity (Wildman–Crippen MR) is 49.1 cm³/mol. The smallest absolute Gasteiger partial charge is 0.0371 e. The van der Waals surface area contributed by atoms with Crippen molar-refractivity contribution in [1.29, 1.82) is 0 Å². The third-order valence-electron chi connectivity index (χ3n) is 1.47. The molecule has 0 aromatic heterocycles. The molecule has 0 aliphatic rings. The van der Waals surface area contributed by atoms with Crippen LogP contribution in [-0.2, 0) is 32.2 Å². The molecule has 11 heavy (non-hydrogen) atoms. The minimum atomic E-state index is -0.862. The molecule has 0 fully saturated rings. The Labute approximate surface area is 89.5 Å². The Morgan fingerprint density at radius 2 is 1.55 bits per heavy atom.